The van der Waals surface area contributed by atoms with Gasteiger partial charge in [0.25, 0.3) is 0 Å². The van der Waals surface area contributed by atoms with Gasteiger partial charge < -0.3 is 0 Å². The molecule has 0 amide bonds. The average Bonchev–Trinajstić information content (AvgIpc) is 2.33. The predicted octanol–water partition coefficient (Wildman–Crippen LogP) is 3.42. The summed E-state index contributed by atoms with van der Waals surface area (Å²) in [5, 5.41) is 0. The van der Waals surface area contributed by atoms with E-state index in [0.717, 1.165) is 0 Å². The molecule has 118 valence electrons. The lowest BCUT2D eigenvalue weighted by atomic mass is 9.57. The highest BCUT2D eigenvalue weighted by atomic mass is 80.0. The van der Waals surface area contributed by atoms with Crippen LogP contribution in [-0.4, -0.2) is 25.3 Å². The molecule has 1 aliphatic rings. The number of halogens is 3. The normalized spacial score (nSPS) is 24.1. The molecule has 0 heterocycles. The minimum atomic E-state index is -1.41. The number of hydrogen-bond donors (Lipinski definition) is 0. The Kier molecular flexibility index (Phi) is 5.15. The SMILES string of the molecule is CC(C(=O)C1C(=O)C(C)(C)C(=O)C(C)(C)C1=O)C(Br)(Br)Br. The lowest BCUT2D eigenvalue weighted by molar-refractivity contribution is -0.162. The van der Waals surface area contributed by atoms with Crippen molar-refractivity contribution in [1.29, 1.82) is 0 Å². The molecule has 0 aromatic carbocycles. The third-order valence-electron chi connectivity index (χ3n) is 4.09. The van der Waals surface area contributed by atoms with Crippen LogP contribution in [0.1, 0.15) is 34.6 Å². The van der Waals surface area contributed by atoms with Crippen molar-refractivity contribution < 1.29 is 19.2 Å². The molecule has 0 aromatic rings. The van der Waals surface area contributed by atoms with Crippen molar-refractivity contribution in [2.75, 3.05) is 0 Å². The molecule has 4 nitrogen and oxygen atoms in total. The van der Waals surface area contributed by atoms with Crippen LogP contribution in [0.25, 0.3) is 0 Å². The van der Waals surface area contributed by atoms with E-state index < -0.39 is 47.9 Å². The van der Waals surface area contributed by atoms with Crippen molar-refractivity contribution in [3.63, 3.8) is 0 Å². The summed E-state index contributed by atoms with van der Waals surface area (Å²) in [5.41, 5.74) is -2.68. The quantitative estimate of drug-likeness (QED) is 0.441. The summed E-state index contributed by atoms with van der Waals surface area (Å²) in [5.74, 6) is -4.28. The summed E-state index contributed by atoms with van der Waals surface area (Å²) >= 11 is 9.73. The molecule has 0 bridgehead atoms. The number of carbonyl (C=O) groups is 4. The second kappa shape index (κ2) is 5.64. The monoisotopic (exact) mass is 486 g/mol. The first-order valence-electron chi connectivity index (χ1n) is 6.40. The van der Waals surface area contributed by atoms with Gasteiger partial charge in [-0.3, -0.25) is 19.2 Å². The van der Waals surface area contributed by atoms with Crippen LogP contribution in [-0.2, 0) is 19.2 Å². The Morgan fingerprint density at radius 2 is 1.33 bits per heavy atom. The van der Waals surface area contributed by atoms with Crippen LogP contribution in [0, 0.1) is 22.7 Å². The number of ketones is 4. The molecule has 1 rings (SSSR count). The van der Waals surface area contributed by atoms with Gasteiger partial charge in [0, 0.05) is 0 Å². The Labute approximate surface area is 149 Å². The molecule has 1 aliphatic carbocycles. The van der Waals surface area contributed by atoms with Gasteiger partial charge in [0.2, 0.25) is 0 Å². The predicted molar refractivity (Wildman–Crippen MR) is 89.8 cm³/mol. The number of alkyl halides is 3. The number of carbonyl (C=O) groups excluding carboxylic acids is 4. The van der Waals surface area contributed by atoms with E-state index in [-0.39, 0.29) is 0 Å². The number of Topliss-reactive ketones (excluding diaryl/α,β-unsaturated/α-hetero) is 4. The van der Waals surface area contributed by atoms with E-state index >= 15 is 0 Å². The fraction of sp³-hybridized carbons (Fsp3) is 0.714. The molecule has 1 atom stereocenters. The molecular formula is C14H17Br3O4. The molecule has 0 aromatic heterocycles. The van der Waals surface area contributed by atoms with Crippen molar-refractivity contribution in [1.82, 2.24) is 0 Å². The first-order valence-corrected chi connectivity index (χ1v) is 8.78. The highest BCUT2D eigenvalue weighted by Crippen LogP contribution is 2.46. The fourth-order valence-corrected chi connectivity index (χ4v) is 3.19. The van der Waals surface area contributed by atoms with Gasteiger partial charge in [-0.25, -0.2) is 0 Å². The lowest BCUT2D eigenvalue weighted by Gasteiger charge is -2.41. The fourth-order valence-electron chi connectivity index (χ4n) is 2.52. The standard InChI is InChI=1S/C14H17Br3O4/c1-6(14(15,16)17)8(18)7-9(19)12(2,3)11(21)13(4,5)10(7)20/h6-7H,1-5H3. The van der Waals surface area contributed by atoms with Crippen LogP contribution in [0.2, 0.25) is 0 Å². The van der Waals surface area contributed by atoms with Crippen LogP contribution in [0.4, 0.5) is 0 Å². The van der Waals surface area contributed by atoms with Crippen molar-refractivity contribution >= 4 is 70.9 Å². The smallest absolute Gasteiger partial charge is 0.163 e. The molecule has 7 heteroatoms. The minimum Gasteiger partial charge on any atom is -0.298 e. The van der Waals surface area contributed by atoms with E-state index in [1.54, 1.807) is 6.92 Å². The lowest BCUT2D eigenvalue weighted by Crippen LogP contribution is -2.60. The zero-order chi connectivity index (χ0) is 17.0. The van der Waals surface area contributed by atoms with Gasteiger partial charge in [0.05, 0.1) is 16.7 Å². The third-order valence-corrected chi connectivity index (χ3v) is 6.15. The minimum absolute atomic E-state index is 0.440. The van der Waals surface area contributed by atoms with E-state index in [2.05, 4.69) is 47.8 Å². The maximum atomic E-state index is 12.6. The van der Waals surface area contributed by atoms with E-state index in [4.69, 9.17) is 0 Å². The molecular weight excluding hydrogens is 472 g/mol. The average molecular weight is 489 g/mol. The second-order valence-electron chi connectivity index (χ2n) is 6.41. The molecule has 0 saturated heterocycles. The van der Waals surface area contributed by atoms with Gasteiger partial charge >= 0.3 is 0 Å². The Balaban J connectivity index is 3.36. The Bertz CT molecular complexity index is 499. The van der Waals surface area contributed by atoms with Crippen LogP contribution < -0.4 is 0 Å². The van der Waals surface area contributed by atoms with Gasteiger partial charge in [-0.15, -0.1) is 0 Å². The molecule has 0 N–H and O–H groups in total. The molecule has 0 spiro atoms. The zero-order valence-corrected chi connectivity index (χ0v) is 17.2. The van der Waals surface area contributed by atoms with Crippen LogP contribution in [0.5, 0.6) is 0 Å². The summed E-state index contributed by atoms with van der Waals surface area (Å²) in [7, 11) is 0. The van der Waals surface area contributed by atoms with Crippen molar-refractivity contribution in [3.8, 4) is 0 Å². The zero-order valence-electron chi connectivity index (χ0n) is 12.4. The summed E-state index contributed by atoms with van der Waals surface area (Å²) in [6.07, 6.45) is 0. The van der Waals surface area contributed by atoms with Crippen molar-refractivity contribution in [2.24, 2.45) is 22.7 Å². The van der Waals surface area contributed by atoms with Gasteiger partial charge in [-0.05, 0) is 27.7 Å². The van der Waals surface area contributed by atoms with Crippen molar-refractivity contribution in [3.05, 3.63) is 0 Å². The summed E-state index contributed by atoms with van der Waals surface area (Å²) in [6, 6.07) is 0. The van der Waals surface area contributed by atoms with Crippen molar-refractivity contribution in [2.45, 2.75) is 36.8 Å². The second-order valence-corrected chi connectivity index (χ2v) is 13.4. The Morgan fingerprint density at radius 1 is 1.00 bits per heavy atom. The summed E-state index contributed by atoms with van der Waals surface area (Å²) in [6.45, 7) is 7.49. The van der Waals surface area contributed by atoms with Gasteiger partial charge in [-0.1, -0.05) is 54.7 Å². The molecule has 1 fully saturated rings. The van der Waals surface area contributed by atoms with Crippen LogP contribution >= 0.6 is 47.8 Å². The van der Waals surface area contributed by atoms with Crippen LogP contribution in [0.15, 0.2) is 0 Å². The first-order chi connectivity index (χ1) is 9.16. The van der Waals surface area contributed by atoms with Gasteiger partial charge in [0.15, 0.2) is 23.1 Å². The van der Waals surface area contributed by atoms with Gasteiger partial charge in [-0.2, -0.15) is 0 Å². The highest BCUT2D eigenvalue weighted by Gasteiger charge is 2.60. The summed E-state index contributed by atoms with van der Waals surface area (Å²) < 4.78 is -0.902. The van der Waals surface area contributed by atoms with E-state index in [9.17, 15) is 19.2 Å². The molecule has 1 unspecified atom stereocenters. The third kappa shape index (κ3) is 3.11. The van der Waals surface area contributed by atoms with E-state index in [1.807, 2.05) is 0 Å². The maximum absolute atomic E-state index is 12.6. The van der Waals surface area contributed by atoms with Crippen LogP contribution in [0.3, 0.4) is 0 Å². The Hall–Kier alpha value is 0.120. The molecule has 21 heavy (non-hydrogen) atoms. The number of rotatable bonds is 2. The topological polar surface area (TPSA) is 68.3 Å². The van der Waals surface area contributed by atoms with Gasteiger partial charge in [0.1, 0.15) is 8.06 Å². The van der Waals surface area contributed by atoms with E-state index in [1.165, 1.54) is 27.7 Å². The largest absolute Gasteiger partial charge is 0.298 e. The highest BCUT2D eigenvalue weighted by molar-refractivity contribution is 9.39. The molecule has 0 radical (unpaired) electrons. The summed E-state index contributed by atoms with van der Waals surface area (Å²) in [4.78, 5) is 50.0. The van der Waals surface area contributed by atoms with E-state index in [0.29, 0.717) is 0 Å². The molecule has 0 aliphatic heterocycles. The first kappa shape index (κ1) is 19.2. The Morgan fingerprint density at radius 3 is 1.62 bits per heavy atom. The number of hydrogen-bond acceptors (Lipinski definition) is 4. The molecule has 1 saturated carbocycles. The maximum Gasteiger partial charge on any atom is 0.163 e.